The number of carbonyl (C=O) groups is 1. The summed E-state index contributed by atoms with van der Waals surface area (Å²) in [6.07, 6.45) is 2.94. The number of amides is 1. The fourth-order valence-electron chi connectivity index (χ4n) is 1.49. The van der Waals surface area contributed by atoms with Crippen LogP contribution in [0.25, 0.3) is 6.08 Å². The Morgan fingerprint density at radius 2 is 1.89 bits per heavy atom. The molecule has 0 fully saturated rings. The molecule has 1 amide bonds. The topological polar surface area (TPSA) is 29.1 Å². The summed E-state index contributed by atoms with van der Waals surface area (Å²) >= 11 is 5.65. The highest BCUT2D eigenvalue weighted by molar-refractivity contribution is 6.30. The Hall–Kier alpha value is -2.13. The minimum Gasteiger partial charge on any atom is -0.323 e. The van der Waals surface area contributed by atoms with E-state index in [9.17, 15) is 9.18 Å². The van der Waals surface area contributed by atoms with Gasteiger partial charge in [0.1, 0.15) is 5.82 Å². The Morgan fingerprint density at radius 1 is 1.16 bits per heavy atom. The molecule has 19 heavy (non-hydrogen) atoms. The molecule has 0 aliphatic carbocycles. The minimum atomic E-state index is -0.479. The molecular weight excluding hydrogens is 265 g/mol. The largest absolute Gasteiger partial charge is 0.323 e. The predicted molar refractivity (Wildman–Crippen MR) is 75.5 cm³/mol. The van der Waals surface area contributed by atoms with Crippen molar-refractivity contribution in [2.24, 2.45) is 0 Å². The number of anilines is 1. The van der Waals surface area contributed by atoms with Gasteiger partial charge in [-0.2, -0.15) is 0 Å². The number of nitrogens with one attached hydrogen (secondary N) is 1. The Morgan fingerprint density at radius 3 is 2.58 bits per heavy atom. The van der Waals surface area contributed by atoms with Crippen LogP contribution in [0.15, 0.2) is 54.6 Å². The van der Waals surface area contributed by atoms with Gasteiger partial charge in [-0.3, -0.25) is 4.79 Å². The first-order valence-electron chi connectivity index (χ1n) is 5.64. The zero-order valence-electron chi connectivity index (χ0n) is 9.94. The molecule has 2 rings (SSSR count). The molecule has 0 atom stereocenters. The van der Waals surface area contributed by atoms with Crippen LogP contribution in [0.2, 0.25) is 5.02 Å². The van der Waals surface area contributed by atoms with Gasteiger partial charge >= 0.3 is 0 Å². The molecule has 2 nitrogen and oxygen atoms in total. The zero-order chi connectivity index (χ0) is 13.7. The third kappa shape index (κ3) is 3.93. The number of halogens is 2. The van der Waals surface area contributed by atoms with Crippen LogP contribution in [0, 0.1) is 5.82 Å². The number of carbonyl (C=O) groups excluding carboxylic acids is 1. The summed E-state index contributed by atoms with van der Waals surface area (Å²) in [6, 6.07) is 13.4. The van der Waals surface area contributed by atoms with E-state index in [-0.39, 0.29) is 10.9 Å². The van der Waals surface area contributed by atoms with Crippen molar-refractivity contribution in [3.63, 3.8) is 0 Å². The van der Waals surface area contributed by atoms with E-state index >= 15 is 0 Å². The number of para-hydroxylation sites is 1. The second-order valence-corrected chi connectivity index (χ2v) is 4.27. The normalized spacial score (nSPS) is 10.6. The molecule has 0 heterocycles. The van der Waals surface area contributed by atoms with Crippen LogP contribution < -0.4 is 5.32 Å². The Balaban J connectivity index is 2.02. The molecule has 4 heteroatoms. The van der Waals surface area contributed by atoms with Crippen molar-refractivity contribution in [1.29, 1.82) is 0 Å². The molecule has 2 aromatic carbocycles. The van der Waals surface area contributed by atoms with Gasteiger partial charge in [-0.15, -0.1) is 0 Å². The summed E-state index contributed by atoms with van der Waals surface area (Å²) < 4.78 is 12.9. The molecule has 0 spiro atoms. The van der Waals surface area contributed by atoms with Crippen molar-refractivity contribution in [2.45, 2.75) is 0 Å². The van der Waals surface area contributed by atoms with E-state index in [0.717, 1.165) is 0 Å². The van der Waals surface area contributed by atoms with E-state index in [1.807, 2.05) is 18.2 Å². The monoisotopic (exact) mass is 275 g/mol. The van der Waals surface area contributed by atoms with E-state index in [1.54, 1.807) is 24.3 Å². The Labute approximate surface area is 115 Å². The summed E-state index contributed by atoms with van der Waals surface area (Å²) in [7, 11) is 0. The van der Waals surface area contributed by atoms with E-state index in [0.29, 0.717) is 11.3 Å². The fourth-order valence-corrected chi connectivity index (χ4v) is 1.68. The smallest absolute Gasteiger partial charge is 0.248 e. The second-order valence-electron chi connectivity index (χ2n) is 3.86. The number of rotatable bonds is 3. The molecule has 2 aromatic rings. The highest BCUT2D eigenvalue weighted by Crippen LogP contribution is 2.16. The van der Waals surface area contributed by atoms with Crippen LogP contribution in [-0.4, -0.2) is 5.91 Å². The first-order chi connectivity index (χ1) is 9.15. The van der Waals surface area contributed by atoms with Gasteiger partial charge in [-0.05, 0) is 35.9 Å². The molecule has 0 radical (unpaired) electrons. The highest BCUT2D eigenvalue weighted by Gasteiger charge is 2.00. The van der Waals surface area contributed by atoms with Crippen LogP contribution in [0.1, 0.15) is 5.56 Å². The number of hydrogen-bond donors (Lipinski definition) is 1. The van der Waals surface area contributed by atoms with E-state index < -0.39 is 5.82 Å². The molecule has 0 unspecified atom stereocenters. The van der Waals surface area contributed by atoms with Gasteiger partial charge in [-0.25, -0.2) is 4.39 Å². The molecule has 96 valence electrons. The minimum absolute atomic E-state index is 0.0330. The molecule has 0 saturated carbocycles. The zero-order valence-corrected chi connectivity index (χ0v) is 10.7. The fraction of sp³-hybridized carbons (Fsp3) is 0. The first-order valence-corrected chi connectivity index (χ1v) is 6.02. The van der Waals surface area contributed by atoms with Crippen molar-refractivity contribution in [3.8, 4) is 0 Å². The lowest BCUT2D eigenvalue weighted by molar-refractivity contribution is -0.111. The molecule has 1 N–H and O–H groups in total. The molecule has 0 bridgehead atoms. The molecular formula is C15H11ClFNO. The van der Waals surface area contributed by atoms with Crippen molar-refractivity contribution in [1.82, 2.24) is 0 Å². The highest BCUT2D eigenvalue weighted by atomic mass is 35.5. The maximum Gasteiger partial charge on any atom is 0.248 e. The third-order valence-corrected chi connectivity index (χ3v) is 2.70. The standard InChI is InChI=1S/C15H11ClFNO/c16-13-10-11(6-8-14(13)17)7-9-15(19)18-12-4-2-1-3-5-12/h1-10H,(H,18,19)/b9-7+. The van der Waals surface area contributed by atoms with Crippen LogP contribution in [0.5, 0.6) is 0 Å². The van der Waals surface area contributed by atoms with Crippen LogP contribution >= 0.6 is 11.6 Å². The predicted octanol–water partition coefficient (Wildman–Crippen LogP) is 4.13. The van der Waals surface area contributed by atoms with Crippen molar-refractivity contribution in [3.05, 3.63) is 71.0 Å². The SMILES string of the molecule is O=C(/C=C/c1ccc(F)c(Cl)c1)Nc1ccccc1. The lowest BCUT2D eigenvalue weighted by Gasteiger charge is -2.01. The van der Waals surface area contributed by atoms with Gasteiger partial charge in [0.05, 0.1) is 5.02 Å². The van der Waals surface area contributed by atoms with Gasteiger partial charge < -0.3 is 5.32 Å². The lowest BCUT2D eigenvalue weighted by atomic mass is 10.2. The van der Waals surface area contributed by atoms with Crippen LogP contribution in [0.3, 0.4) is 0 Å². The van der Waals surface area contributed by atoms with Gasteiger partial charge in [0.15, 0.2) is 0 Å². The maximum absolute atomic E-state index is 12.9. The van der Waals surface area contributed by atoms with Gasteiger partial charge in [0.25, 0.3) is 0 Å². The number of benzene rings is 2. The van der Waals surface area contributed by atoms with E-state index in [4.69, 9.17) is 11.6 Å². The molecule has 0 saturated heterocycles. The quantitative estimate of drug-likeness (QED) is 0.839. The van der Waals surface area contributed by atoms with Crippen LogP contribution in [-0.2, 0) is 4.79 Å². The van der Waals surface area contributed by atoms with Crippen molar-refractivity contribution in [2.75, 3.05) is 5.32 Å². The summed E-state index contributed by atoms with van der Waals surface area (Å²) in [5.74, 6) is -0.737. The van der Waals surface area contributed by atoms with Gasteiger partial charge in [-0.1, -0.05) is 35.9 Å². The summed E-state index contributed by atoms with van der Waals surface area (Å²) in [6.45, 7) is 0. The maximum atomic E-state index is 12.9. The Bertz CT molecular complexity index is 611. The average molecular weight is 276 g/mol. The lowest BCUT2D eigenvalue weighted by Crippen LogP contribution is -2.07. The molecule has 0 aromatic heterocycles. The Kier molecular flexibility index (Phi) is 4.31. The van der Waals surface area contributed by atoms with E-state index in [1.165, 1.54) is 18.2 Å². The van der Waals surface area contributed by atoms with Gasteiger partial charge in [0.2, 0.25) is 5.91 Å². The van der Waals surface area contributed by atoms with E-state index in [2.05, 4.69) is 5.32 Å². The van der Waals surface area contributed by atoms with Crippen LogP contribution in [0.4, 0.5) is 10.1 Å². The summed E-state index contributed by atoms with van der Waals surface area (Å²) in [5, 5.41) is 2.74. The molecule has 0 aliphatic rings. The van der Waals surface area contributed by atoms with Crippen molar-refractivity contribution < 1.29 is 9.18 Å². The second kappa shape index (κ2) is 6.16. The average Bonchev–Trinajstić information content (AvgIpc) is 2.41. The number of hydrogen-bond acceptors (Lipinski definition) is 1. The summed E-state index contributed by atoms with van der Waals surface area (Å²) in [4.78, 5) is 11.6. The van der Waals surface area contributed by atoms with Gasteiger partial charge in [0, 0.05) is 11.8 Å². The summed E-state index contributed by atoms with van der Waals surface area (Å²) in [5.41, 5.74) is 1.38. The third-order valence-electron chi connectivity index (χ3n) is 2.41. The molecule has 0 aliphatic heterocycles. The first kappa shape index (κ1) is 13.3. The van der Waals surface area contributed by atoms with Crippen molar-refractivity contribution >= 4 is 29.3 Å².